The number of carbonyl (C=O) groups excluding carboxylic acids is 1. The summed E-state index contributed by atoms with van der Waals surface area (Å²) in [5.74, 6) is -1.05. The second-order valence-electron chi connectivity index (χ2n) is 3.28. The van der Waals surface area contributed by atoms with Crippen LogP contribution in [0.1, 0.15) is 20.3 Å². The second-order valence-corrected chi connectivity index (χ2v) is 3.28. The van der Waals surface area contributed by atoms with Gasteiger partial charge in [-0.15, -0.1) is 0 Å². The number of nitrogens with one attached hydrogen (secondary N) is 1. The van der Waals surface area contributed by atoms with E-state index in [1.165, 1.54) is 0 Å². The largest absolute Gasteiger partial charge is 0.480 e. The topological polar surface area (TPSA) is 66.4 Å². The Labute approximate surface area is 95.4 Å². The fourth-order valence-corrected chi connectivity index (χ4v) is 1.21. The summed E-state index contributed by atoms with van der Waals surface area (Å²) in [6, 6.07) is -0.904. The number of carboxylic acids is 1. The highest BCUT2D eigenvalue weighted by atomic mass is 16.4. The second kappa shape index (κ2) is 7.45. The van der Waals surface area contributed by atoms with Gasteiger partial charge in [-0.05, 0) is 19.4 Å². The molecule has 0 spiro atoms. The number of rotatable bonds is 7. The minimum atomic E-state index is -1.05. The van der Waals surface area contributed by atoms with E-state index < -0.39 is 12.0 Å². The summed E-state index contributed by atoms with van der Waals surface area (Å²) in [5, 5.41) is 11.1. The van der Waals surface area contributed by atoms with Crippen LogP contribution in [0.4, 0.5) is 0 Å². The number of hydrogen-bond donors (Lipinski definition) is 2. The van der Waals surface area contributed by atoms with E-state index in [0.717, 1.165) is 11.1 Å². The van der Waals surface area contributed by atoms with Crippen LogP contribution in [0, 0.1) is 0 Å². The molecule has 2 N–H and O–H groups in total. The maximum Gasteiger partial charge on any atom is 0.326 e. The molecule has 0 aliphatic carbocycles. The molecule has 4 nitrogen and oxygen atoms in total. The molecule has 1 amide bonds. The van der Waals surface area contributed by atoms with E-state index >= 15 is 0 Å². The molecular formula is C12H17NO3. The molecule has 88 valence electrons. The van der Waals surface area contributed by atoms with Gasteiger partial charge in [-0.3, -0.25) is 4.79 Å². The molecular weight excluding hydrogens is 206 g/mol. The smallest absolute Gasteiger partial charge is 0.326 e. The van der Waals surface area contributed by atoms with Crippen molar-refractivity contribution in [1.29, 1.82) is 0 Å². The van der Waals surface area contributed by atoms with Gasteiger partial charge in [0.25, 0.3) is 0 Å². The van der Waals surface area contributed by atoms with E-state index in [0.29, 0.717) is 6.41 Å². The lowest BCUT2D eigenvalue weighted by Crippen LogP contribution is -2.36. The first-order chi connectivity index (χ1) is 7.56. The molecule has 0 heterocycles. The van der Waals surface area contributed by atoms with Crippen molar-refractivity contribution in [1.82, 2.24) is 5.32 Å². The zero-order chi connectivity index (χ0) is 12.6. The summed E-state index contributed by atoms with van der Waals surface area (Å²) in [5.41, 5.74) is 1.82. The van der Waals surface area contributed by atoms with Crippen molar-refractivity contribution in [3.05, 3.63) is 36.0 Å². The van der Waals surface area contributed by atoms with Crippen molar-refractivity contribution in [3.8, 4) is 0 Å². The summed E-state index contributed by atoms with van der Waals surface area (Å²) >= 11 is 0. The molecule has 0 aromatic heterocycles. The normalized spacial score (nSPS) is 14.1. The average Bonchev–Trinajstić information content (AvgIpc) is 2.26. The van der Waals surface area contributed by atoms with E-state index in [4.69, 9.17) is 5.11 Å². The zero-order valence-corrected chi connectivity index (χ0v) is 9.56. The molecule has 0 fully saturated rings. The van der Waals surface area contributed by atoms with Crippen LogP contribution in [0.25, 0.3) is 0 Å². The first-order valence-corrected chi connectivity index (χ1v) is 4.94. The van der Waals surface area contributed by atoms with Gasteiger partial charge in [-0.25, -0.2) is 4.79 Å². The lowest BCUT2D eigenvalue weighted by molar-refractivity contribution is -0.140. The SMILES string of the molecule is C=C/C=C(CC(NC=O)C(=O)O)\C(C)=C/C. The Hall–Kier alpha value is -1.84. The highest BCUT2D eigenvalue weighted by Crippen LogP contribution is 2.16. The van der Waals surface area contributed by atoms with Crippen LogP contribution in [0.3, 0.4) is 0 Å². The minimum absolute atomic E-state index is 0.246. The Morgan fingerprint density at radius 1 is 1.56 bits per heavy atom. The molecule has 0 aliphatic heterocycles. The first kappa shape index (κ1) is 14.2. The first-order valence-electron chi connectivity index (χ1n) is 4.94. The summed E-state index contributed by atoms with van der Waals surface area (Å²) in [6.07, 6.45) is 5.88. The molecule has 0 saturated heterocycles. The molecule has 4 heteroatoms. The van der Waals surface area contributed by atoms with Crippen molar-refractivity contribution in [2.45, 2.75) is 26.3 Å². The molecule has 1 atom stereocenters. The fourth-order valence-electron chi connectivity index (χ4n) is 1.21. The van der Waals surface area contributed by atoms with Crippen LogP contribution >= 0.6 is 0 Å². The lowest BCUT2D eigenvalue weighted by atomic mass is 9.99. The number of hydrogen-bond acceptors (Lipinski definition) is 2. The van der Waals surface area contributed by atoms with Crippen molar-refractivity contribution in [3.63, 3.8) is 0 Å². The molecule has 1 unspecified atom stereocenters. The third-order valence-electron chi connectivity index (χ3n) is 2.25. The van der Waals surface area contributed by atoms with E-state index in [1.807, 2.05) is 19.9 Å². The molecule has 16 heavy (non-hydrogen) atoms. The Morgan fingerprint density at radius 3 is 2.56 bits per heavy atom. The monoisotopic (exact) mass is 223 g/mol. The molecule has 0 rings (SSSR count). The van der Waals surface area contributed by atoms with Gasteiger partial charge < -0.3 is 10.4 Å². The lowest BCUT2D eigenvalue weighted by Gasteiger charge is -2.14. The maximum absolute atomic E-state index is 10.8. The number of amides is 1. The van der Waals surface area contributed by atoms with Crippen molar-refractivity contribution in [2.75, 3.05) is 0 Å². The number of carbonyl (C=O) groups is 2. The van der Waals surface area contributed by atoms with E-state index in [2.05, 4.69) is 11.9 Å². The molecule has 0 radical (unpaired) electrons. The van der Waals surface area contributed by atoms with Gasteiger partial charge in [0.15, 0.2) is 0 Å². The minimum Gasteiger partial charge on any atom is -0.480 e. The van der Waals surface area contributed by atoms with Gasteiger partial charge in [0.1, 0.15) is 6.04 Å². The van der Waals surface area contributed by atoms with Gasteiger partial charge in [0, 0.05) is 6.42 Å². The van der Waals surface area contributed by atoms with Crippen molar-refractivity contribution >= 4 is 12.4 Å². The molecule has 0 saturated carbocycles. The number of allylic oxidation sites excluding steroid dienone is 4. The van der Waals surface area contributed by atoms with Gasteiger partial charge >= 0.3 is 5.97 Å². The van der Waals surface area contributed by atoms with Gasteiger partial charge in [0.2, 0.25) is 6.41 Å². The van der Waals surface area contributed by atoms with E-state index in [9.17, 15) is 9.59 Å². The third-order valence-corrected chi connectivity index (χ3v) is 2.25. The van der Waals surface area contributed by atoms with Crippen LogP contribution in [0.15, 0.2) is 36.0 Å². The molecule has 0 aliphatic rings. The highest BCUT2D eigenvalue weighted by Gasteiger charge is 2.18. The van der Waals surface area contributed by atoms with Gasteiger partial charge in [-0.2, -0.15) is 0 Å². The standard InChI is InChI=1S/C12H17NO3/c1-4-6-10(9(3)5-2)7-11(12(15)16)13-8-14/h4-6,8,11H,1,7H2,2-3H3,(H,13,14)(H,15,16)/b9-5-,10-6-. The average molecular weight is 223 g/mol. The summed E-state index contributed by atoms with van der Waals surface area (Å²) in [7, 11) is 0. The Balaban J connectivity index is 4.84. The predicted octanol–water partition coefficient (Wildman–Crippen LogP) is 1.65. The zero-order valence-electron chi connectivity index (χ0n) is 9.56. The maximum atomic E-state index is 10.8. The number of aliphatic carboxylic acids is 1. The summed E-state index contributed by atoms with van der Waals surface area (Å²) in [6.45, 7) is 7.33. The van der Waals surface area contributed by atoms with E-state index in [1.54, 1.807) is 12.2 Å². The van der Waals surface area contributed by atoms with Crippen LogP contribution in [0.2, 0.25) is 0 Å². The van der Waals surface area contributed by atoms with Crippen molar-refractivity contribution in [2.24, 2.45) is 0 Å². The van der Waals surface area contributed by atoms with Gasteiger partial charge in [0.05, 0.1) is 0 Å². The molecule has 0 bridgehead atoms. The third kappa shape index (κ3) is 4.59. The van der Waals surface area contributed by atoms with Gasteiger partial charge in [-0.1, -0.05) is 30.4 Å². The Morgan fingerprint density at radius 2 is 2.19 bits per heavy atom. The Bertz CT molecular complexity index is 329. The summed E-state index contributed by atoms with van der Waals surface area (Å²) in [4.78, 5) is 21.1. The van der Waals surface area contributed by atoms with E-state index in [-0.39, 0.29) is 6.42 Å². The quantitative estimate of drug-likeness (QED) is 0.509. The Kier molecular flexibility index (Phi) is 6.59. The number of carboxylic acid groups (broad SMARTS) is 1. The van der Waals surface area contributed by atoms with Crippen LogP contribution in [-0.4, -0.2) is 23.5 Å². The van der Waals surface area contributed by atoms with Crippen LogP contribution in [0.5, 0.6) is 0 Å². The van der Waals surface area contributed by atoms with Crippen LogP contribution < -0.4 is 5.32 Å². The molecule has 0 aromatic rings. The predicted molar refractivity (Wildman–Crippen MR) is 63.0 cm³/mol. The van der Waals surface area contributed by atoms with Crippen molar-refractivity contribution < 1.29 is 14.7 Å². The van der Waals surface area contributed by atoms with Crippen LogP contribution in [-0.2, 0) is 9.59 Å². The highest BCUT2D eigenvalue weighted by molar-refractivity contribution is 5.76. The fraction of sp³-hybridized carbons (Fsp3) is 0.333. The molecule has 0 aromatic carbocycles. The summed E-state index contributed by atoms with van der Waals surface area (Å²) < 4.78 is 0.